The lowest BCUT2D eigenvalue weighted by Crippen LogP contribution is -2.52. The highest BCUT2D eigenvalue weighted by Crippen LogP contribution is 2.32. The van der Waals surface area contributed by atoms with Gasteiger partial charge >= 0.3 is 6.18 Å². The van der Waals surface area contributed by atoms with Crippen molar-refractivity contribution in [2.45, 2.75) is 57.3 Å². The van der Waals surface area contributed by atoms with Crippen LogP contribution in [0.2, 0.25) is 0 Å². The maximum absolute atomic E-state index is 13.4. The number of halogens is 4. The molecule has 7 nitrogen and oxygen atoms in total. The lowest BCUT2D eigenvalue weighted by molar-refractivity contribution is -0.137. The first-order valence-corrected chi connectivity index (χ1v) is 13.6. The number of rotatable bonds is 9. The van der Waals surface area contributed by atoms with Crippen LogP contribution in [-0.4, -0.2) is 45.5 Å². The fraction of sp³-hybridized carbons (Fsp3) is 0.423. The summed E-state index contributed by atoms with van der Waals surface area (Å²) in [6, 6.07) is 7.57. The molecular formula is C26H29F4N3O4S. The SMILES string of the molecule is CC(C(=O)NC1CCCCC1)N(C(=O)CS(=O)CC(=O)Nc1ccc(F)cc1)c1cccc(C(F)(F)F)c1. The van der Waals surface area contributed by atoms with Gasteiger partial charge in [0.15, 0.2) is 0 Å². The van der Waals surface area contributed by atoms with Gasteiger partial charge < -0.3 is 10.6 Å². The summed E-state index contributed by atoms with van der Waals surface area (Å²) in [6.45, 7) is 1.39. The Balaban J connectivity index is 1.75. The Hall–Kier alpha value is -3.28. The van der Waals surface area contributed by atoms with E-state index in [1.54, 1.807) is 0 Å². The van der Waals surface area contributed by atoms with Gasteiger partial charge in [0.2, 0.25) is 17.7 Å². The van der Waals surface area contributed by atoms with E-state index >= 15 is 0 Å². The normalized spacial score (nSPS) is 15.8. The zero-order chi connectivity index (χ0) is 27.9. The third-order valence-corrected chi connectivity index (χ3v) is 7.30. The molecule has 2 unspecified atom stereocenters. The molecule has 2 N–H and O–H groups in total. The molecule has 0 bridgehead atoms. The standard InChI is InChI=1S/C26H29F4N3O4S/c1-17(25(36)32-20-7-3-2-4-8-20)33(22-9-5-6-18(14-22)26(28,29)30)24(35)16-38(37)15-23(34)31-21-12-10-19(27)11-13-21/h5-6,9-14,17,20H,2-4,7-8,15-16H2,1H3,(H,31,34)(H,32,36). The van der Waals surface area contributed by atoms with Crippen molar-refractivity contribution < 1.29 is 36.2 Å². The highest BCUT2D eigenvalue weighted by atomic mass is 32.2. The van der Waals surface area contributed by atoms with Crippen molar-refractivity contribution >= 4 is 39.9 Å². The summed E-state index contributed by atoms with van der Waals surface area (Å²) < 4.78 is 65.8. The molecular weight excluding hydrogens is 526 g/mol. The van der Waals surface area contributed by atoms with Gasteiger partial charge in [-0.3, -0.25) is 23.5 Å². The van der Waals surface area contributed by atoms with Crippen LogP contribution in [0.25, 0.3) is 0 Å². The van der Waals surface area contributed by atoms with Gasteiger partial charge in [0.1, 0.15) is 23.4 Å². The van der Waals surface area contributed by atoms with Gasteiger partial charge in [-0.25, -0.2) is 4.39 Å². The van der Waals surface area contributed by atoms with Crippen LogP contribution in [0, 0.1) is 5.82 Å². The van der Waals surface area contributed by atoms with Crippen LogP contribution in [0.4, 0.5) is 28.9 Å². The summed E-state index contributed by atoms with van der Waals surface area (Å²) in [5.41, 5.74) is -0.922. The van der Waals surface area contributed by atoms with E-state index in [-0.39, 0.29) is 17.4 Å². The average Bonchev–Trinajstić information content (AvgIpc) is 2.85. The summed E-state index contributed by atoms with van der Waals surface area (Å²) >= 11 is 0. The van der Waals surface area contributed by atoms with Gasteiger partial charge in [-0.15, -0.1) is 0 Å². The molecule has 206 valence electrons. The van der Waals surface area contributed by atoms with Gasteiger partial charge in [0.25, 0.3) is 0 Å². The van der Waals surface area contributed by atoms with Crippen molar-refractivity contribution in [3.8, 4) is 0 Å². The Kier molecular flexibility index (Phi) is 10.0. The zero-order valence-electron chi connectivity index (χ0n) is 20.7. The second kappa shape index (κ2) is 13.0. The minimum Gasteiger partial charge on any atom is -0.352 e. The largest absolute Gasteiger partial charge is 0.416 e. The van der Waals surface area contributed by atoms with E-state index in [0.717, 1.165) is 67.3 Å². The van der Waals surface area contributed by atoms with E-state index in [1.807, 2.05) is 0 Å². The van der Waals surface area contributed by atoms with E-state index in [4.69, 9.17) is 0 Å². The molecule has 0 aromatic heterocycles. The van der Waals surface area contributed by atoms with Gasteiger partial charge in [0.05, 0.1) is 5.56 Å². The molecule has 38 heavy (non-hydrogen) atoms. The van der Waals surface area contributed by atoms with Crippen LogP contribution >= 0.6 is 0 Å². The second-order valence-electron chi connectivity index (χ2n) is 9.11. The number of nitrogens with one attached hydrogen (secondary N) is 2. The molecule has 0 radical (unpaired) electrons. The number of hydrogen-bond acceptors (Lipinski definition) is 4. The fourth-order valence-corrected chi connectivity index (χ4v) is 5.12. The molecule has 0 heterocycles. The summed E-state index contributed by atoms with van der Waals surface area (Å²) in [5.74, 6) is -3.90. The van der Waals surface area contributed by atoms with Gasteiger partial charge in [-0.05, 0) is 62.2 Å². The molecule has 1 aliphatic rings. The molecule has 1 aliphatic carbocycles. The van der Waals surface area contributed by atoms with Gasteiger partial charge in [-0.1, -0.05) is 25.3 Å². The predicted octanol–water partition coefficient (Wildman–Crippen LogP) is 4.40. The van der Waals surface area contributed by atoms with Crippen molar-refractivity contribution in [1.82, 2.24) is 5.32 Å². The van der Waals surface area contributed by atoms with Crippen LogP contribution < -0.4 is 15.5 Å². The fourth-order valence-electron chi connectivity index (χ4n) is 4.24. The number of hydrogen-bond donors (Lipinski definition) is 2. The number of carbonyl (C=O) groups is 3. The first-order valence-electron chi connectivity index (χ1n) is 12.1. The smallest absolute Gasteiger partial charge is 0.352 e. The van der Waals surface area contributed by atoms with Gasteiger partial charge in [0, 0.05) is 28.2 Å². The molecule has 1 fully saturated rings. The minimum atomic E-state index is -4.68. The third-order valence-electron chi connectivity index (χ3n) is 6.14. The maximum Gasteiger partial charge on any atom is 0.416 e. The number of alkyl halides is 3. The number of amides is 3. The number of anilines is 2. The molecule has 2 atom stereocenters. The first kappa shape index (κ1) is 29.3. The highest BCUT2D eigenvalue weighted by Gasteiger charge is 2.34. The van der Waals surface area contributed by atoms with Crippen LogP contribution in [0.5, 0.6) is 0 Å². The van der Waals surface area contributed by atoms with Crippen molar-refractivity contribution in [3.63, 3.8) is 0 Å². The van der Waals surface area contributed by atoms with Crippen molar-refractivity contribution in [2.75, 3.05) is 21.7 Å². The third kappa shape index (κ3) is 8.37. The Bertz CT molecular complexity index is 1170. The Morgan fingerprint density at radius 2 is 1.68 bits per heavy atom. The molecule has 1 saturated carbocycles. The molecule has 0 saturated heterocycles. The second-order valence-corrected chi connectivity index (χ2v) is 10.6. The van der Waals surface area contributed by atoms with E-state index in [2.05, 4.69) is 10.6 Å². The van der Waals surface area contributed by atoms with Crippen LogP contribution in [0.3, 0.4) is 0 Å². The van der Waals surface area contributed by atoms with Crippen LogP contribution in [-0.2, 0) is 31.4 Å². The first-order chi connectivity index (χ1) is 17.9. The van der Waals surface area contributed by atoms with Crippen molar-refractivity contribution in [2.24, 2.45) is 0 Å². The lowest BCUT2D eigenvalue weighted by atomic mass is 9.95. The maximum atomic E-state index is 13.4. The topological polar surface area (TPSA) is 95.6 Å². The minimum absolute atomic E-state index is 0.0959. The Morgan fingerprint density at radius 3 is 2.32 bits per heavy atom. The average molecular weight is 556 g/mol. The Labute approximate surface area is 220 Å². The molecule has 0 spiro atoms. The van der Waals surface area contributed by atoms with Crippen LogP contribution in [0.15, 0.2) is 48.5 Å². The Morgan fingerprint density at radius 1 is 1.03 bits per heavy atom. The molecule has 2 aromatic carbocycles. The summed E-state index contributed by atoms with van der Waals surface area (Å²) in [4.78, 5) is 39.4. The number of carbonyl (C=O) groups excluding carboxylic acids is 3. The summed E-state index contributed by atoms with van der Waals surface area (Å²) in [5, 5.41) is 5.30. The van der Waals surface area contributed by atoms with Crippen molar-refractivity contribution in [3.05, 3.63) is 59.9 Å². The molecule has 12 heteroatoms. The zero-order valence-corrected chi connectivity index (χ0v) is 21.5. The highest BCUT2D eigenvalue weighted by molar-refractivity contribution is 7.86. The quantitative estimate of drug-likeness (QED) is 0.449. The van der Waals surface area contributed by atoms with E-state index in [0.29, 0.717) is 0 Å². The molecule has 3 amide bonds. The van der Waals surface area contributed by atoms with E-state index in [1.165, 1.54) is 25.1 Å². The lowest BCUT2D eigenvalue weighted by Gasteiger charge is -2.31. The summed E-state index contributed by atoms with van der Waals surface area (Å²) in [6.07, 6.45) is -0.216. The summed E-state index contributed by atoms with van der Waals surface area (Å²) in [7, 11) is -2.04. The molecule has 0 aliphatic heterocycles. The predicted molar refractivity (Wildman–Crippen MR) is 136 cm³/mol. The van der Waals surface area contributed by atoms with E-state index < -0.39 is 63.6 Å². The van der Waals surface area contributed by atoms with Gasteiger partial charge in [-0.2, -0.15) is 13.2 Å². The monoisotopic (exact) mass is 555 g/mol. The number of nitrogens with zero attached hydrogens (tertiary/aromatic N) is 1. The van der Waals surface area contributed by atoms with Crippen molar-refractivity contribution in [1.29, 1.82) is 0 Å². The number of benzene rings is 2. The van der Waals surface area contributed by atoms with E-state index in [9.17, 15) is 36.2 Å². The molecule has 2 aromatic rings. The molecule has 3 rings (SSSR count). The van der Waals surface area contributed by atoms with Crippen LogP contribution in [0.1, 0.15) is 44.6 Å².